The van der Waals surface area contributed by atoms with Crippen LogP contribution in [0, 0.1) is 0 Å². The largest absolute Gasteiger partial charge is 0.383 e. The lowest BCUT2D eigenvalue weighted by atomic mass is 10.3. The number of benzene rings is 1. The minimum Gasteiger partial charge on any atom is -0.383 e. The molecule has 0 amide bonds. The molecule has 102 valence electrons. The maximum atomic E-state index is 6.10. The molecule has 1 aromatic carbocycles. The van der Waals surface area contributed by atoms with Crippen molar-refractivity contribution in [1.29, 1.82) is 0 Å². The van der Waals surface area contributed by atoms with Crippen LogP contribution in [-0.4, -0.2) is 31.1 Å². The summed E-state index contributed by atoms with van der Waals surface area (Å²) in [4.78, 5) is 2.46. The van der Waals surface area contributed by atoms with Crippen molar-refractivity contribution in [3.8, 4) is 0 Å². The summed E-state index contributed by atoms with van der Waals surface area (Å²) >= 11 is 12.0. The third kappa shape index (κ3) is 5.47. The second-order valence-corrected chi connectivity index (χ2v) is 5.24. The summed E-state index contributed by atoms with van der Waals surface area (Å²) in [5.74, 6) is 0. The SMILES string of the molecule is CCCN(CCC)CCNc1cc(Cl)ccc1Cl. The van der Waals surface area contributed by atoms with Gasteiger partial charge in [-0.2, -0.15) is 0 Å². The lowest BCUT2D eigenvalue weighted by Crippen LogP contribution is -2.30. The molecule has 0 aliphatic carbocycles. The molecule has 1 rings (SSSR count). The Kier molecular flexibility index (Phi) is 7.48. The van der Waals surface area contributed by atoms with E-state index in [9.17, 15) is 0 Å². The molecule has 0 saturated carbocycles. The summed E-state index contributed by atoms with van der Waals surface area (Å²) in [5, 5.41) is 4.77. The van der Waals surface area contributed by atoms with E-state index in [1.54, 1.807) is 6.07 Å². The number of nitrogens with zero attached hydrogens (tertiary/aromatic N) is 1. The zero-order valence-electron chi connectivity index (χ0n) is 11.2. The van der Waals surface area contributed by atoms with Crippen LogP contribution in [0.1, 0.15) is 26.7 Å². The molecule has 0 saturated heterocycles. The summed E-state index contributed by atoms with van der Waals surface area (Å²) in [5.41, 5.74) is 0.914. The van der Waals surface area contributed by atoms with Gasteiger partial charge in [-0.05, 0) is 44.1 Å². The first-order valence-corrected chi connectivity index (χ1v) is 7.34. The van der Waals surface area contributed by atoms with E-state index >= 15 is 0 Å². The number of hydrogen-bond acceptors (Lipinski definition) is 2. The molecule has 2 nitrogen and oxygen atoms in total. The topological polar surface area (TPSA) is 15.3 Å². The number of halogens is 2. The van der Waals surface area contributed by atoms with Gasteiger partial charge in [-0.1, -0.05) is 37.0 Å². The third-order valence-electron chi connectivity index (χ3n) is 2.75. The molecule has 0 aromatic heterocycles. The first kappa shape index (κ1) is 15.6. The molecule has 0 bridgehead atoms. The zero-order valence-corrected chi connectivity index (χ0v) is 12.7. The Morgan fingerprint density at radius 1 is 1.06 bits per heavy atom. The third-order valence-corrected chi connectivity index (χ3v) is 3.32. The molecule has 1 N–H and O–H groups in total. The van der Waals surface area contributed by atoms with Crippen LogP contribution in [0.2, 0.25) is 10.0 Å². The van der Waals surface area contributed by atoms with Gasteiger partial charge in [-0.25, -0.2) is 0 Å². The molecule has 0 fully saturated rings. The summed E-state index contributed by atoms with van der Waals surface area (Å²) in [6, 6.07) is 5.49. The van der Waals surface area contributed by atoms with E-state index in [1.165, 1.54) is 12.8 Å². The van der Waals surface area contributed by atoms with Gasteiger partial charge in [-0.3, -0.25) is 0 Å². The van der Waals surface area contributed by atoms with Gasteiger partial charge in [0.25, 0.3) is 0 Å². The Bertz CT molecular complexity index is 350. The average molecular weight is 289 g/mol. The van der Waals surface area contributed by atoms with Crippen molar-refractivity contribution >= 4 is 28.9 Å². The molecule has 0 heterocycles. The quantitative estimate of drug-likeness (QED) is 0.756. The standard InChI is InChI=1S/C14H22Cl2N2/c1-3-8-18(9-4-2)10-7-17-14-11-12(15)5-6-13(14)16/h5-6,11,17H,3-4,7-10H2,1-2H3. The number of hydrogen-bond donors (Lipinski definition) is 1. The fourth-order valence-electron chi connectivity index (χ4n) is 1.95. The van der Waals surface area contributed by atoms with Crippen molar-refractivity contribution < 1.29 is 0 Å². The predicted octanol–water partition coefficient (Wildman–Crippen LogP) is 4.53. The van der Waals surface area contributed by atoms with Gasteiger partial charge < -0.3 is 10.2 Å². The normalized spacial score (nSPS) is 10.9. The highest BCUT2D eigenvalue weighted by atomic mass is 35.5. The highest BCUT2D eigenvalue weighted by Gasteiger charge is 2.04. The predicted molar refractivity (Wildman–Crippen MR) is 82.0 cm³/mol. The minimum atomic E-state index is 0.709. The van der Waals surface area contributed by atoms with E-state index in [2.05, 4.69) is 24.1 Å². The number of rotatable bonds is 8. The van der Waals surface area contributed by atoms with Crippen molar-refractivity contribution in [1.82, 2.24) is 4.90 Å². The maximum Gasteiger partial charge on any atom is 0.0638 e. The zero-order chi connectivity index (χ0) is 13.4. The summed E-state index contributed by atoms with van der Waals surface area (Å²) in [6.45, 7) is 8.65. The summed E-state index contributed by atoms with van der Waals surface area (Å²) in [6.07, 6.45) is 2.38. The molecule has 0 aliphatic heterocycles. The van der Waals surface area contributed by atoms with Crippen LogP contribution >= 0.6 is 23.2 Å². The molecule has 18 heavy (non-hydrogen) atoms. The minimum absolute atomic E-state index is 0.709. The van der Waals surface area contributed by atoms with Crippen LogP contribution in [0.25, 0.3) is 0 Å². The first-order valence-electron chi connectivity index (χ1n) is 6.58. The van der Waals surface area contributed by atoms with Crippen molar-refractivity contribution in [2.24, 2.45) is 0 Å². The highest BCUT2D eigenvalue weighted by Crippen LogP contribution is 2.25. The van der Waals surface area contributed by atoms with Crippen LogP contribution in [0.15, 0.2) is 18.2 Å². The molecular weight excluding hydrogens is 267 g/mol. The number of nitrogens with one attached hydrogen (secondary N) is 1. The first-order chi connectivity index (χ1) is 8.67. The Balaban J connectivity index is 2.41. The van der Waals surface area contributed by atoms with Crippen molar-refractivity contribution in [3.05, 3.63) is 28.2 Å². The monoisotopic (exact) mass is 288 g/mol. The Labute approximate surface area is 120 Å². The van der Waals surface area contributed by atoms with Crippen molar-refractivity contribution in [2.75, 3.05) is 31.5 Å². The lowest BCUT2D eigenvalue weighted by molar-refractivity contribution is 0.285. The second kappa shape index (κ2) is 8.63. The van der Waals surface area contributed by atoms with Gasteiger partial charge in [0.1, 0.15) is 0 Å². The highest BCUT2D eigenvalue weighted by molar-refractivity contribution is 6.35. The fourth-order valence-corrected chi connectivity index (χ4v) is 2.31. The van der Waals surface area contributed by atoms with Gasteiger partial charge in [0.15, 0.2) is 0 Å². The van der Waals surface area contributed by atoms with Gasteiger partial charge in [-0.15, -0.1) is 0 Å². The average Bonchev–Trinajstić information content (AvgIpc) is 2.34. The van der Waals surface area contributed by atoms with E-state index in [0.717, 1.165) is 36.9 Å². The molecule has 0 radical (unpaired) electrons. The molecule has 0 unspecified atom stereocenters. The van der Waals surface area contributed by atoms with Gasteiger partial charge in [0, 0.05) is 18.1 Å². The molecule has 0 atom stereocenters. The molecule has 0 spiro atoms. The Hall–Kier alpha value is -0.440. The maximum absolute atomic E-state index is 6.10. The van der Waals surface area contributed by atoms with E-state index in [0.29, 0.717) is 5.02 Å². The van der Waals surface area contributed by atoms with Crippen LogP contribution in [-0.2, 0) is 0 Å². The number of anilines is 1. The molecule has 1 aromatic rings. The van der Waals surface area contributed by atoms with Crippen LogP contribution in [0.3, 0.4) is 0 Å². The fraction of sp³-hybridized carbons (Fsp3) is 0.571. The van der Waals surface area contributed by atoms with Crippen LogP contribution < -0.4 is 5.32 Å². The van der Waals surface area contributed by atoms with Gasteiger partial charge in [0.2, 0.25) is 0 Å². The summed E-state index contributed by atoms with van der Waals surface area (Å²) in [7, 11) is 0. The van der Waals surface area contributed by atoms with Gasteiger partial charge in [0.05, 0.1) is 10.7 Å². The van der Waals surface area contributed by atoms with Crippen LogP contribution in [0.5, 0.6) is 0 Å². The Morgan fingerprint density at radius 3 is 2.33 bits per heavy atom. The molecular formula is C14H22Cl2N2. The van der Waals surface area contributed by atoms with E-state index in [1.807, 2.05) is 12.1 Å². The van der Waals surface area contributed by atoms with Crippen molar-refractivity contribution in [3.63, 3.8) is 0 Å². The second-order valence-electron chi connectivity index (χ2n) is 4.39. The van der Waals surface area contributed by atoms with Crippen LogP contribution in [0.4, 0.5) is 5.69 Å². The van der Waals surface area contributed by atoms with Gasteiger partial charge >= 0.3 is 0 Å². The molecule has 4 heteroatoms. The van der Waals surface area contributed by atoms with E-state index in [4.69, 9.17) is 23.2 Å². The molecule has 0 aliphatic rings. The van der Waals surface area contributed by atoms with Crippen molar-refractivity contribution in [2.45, 2.75) is 26.7 Å². The smallest absolute Gasteiger partial charge is 0.0638 e. The summed E-state index contributed by atoms with van der Waals surface area (Å²) < 4.78 is 0. The van der Waals surface area contributed by atoms with E-state index in [-0.39, 0.29) is 0 Å². The Morgan fingerprint density at radius 2 is 1.72 bits per heavy atom. The lowest BCUT2D eigenvalue weighted by Gasteiger charge is -2.21. The van der Waals surface area contributed by atoms with E-state index < -0.39 is 0 Å².